The second-order valence-corrected chi connectivity index (χ2v) is 6.71. The number of ether oxygens (including phenoxy) is 1. The molecule has 0 unspecified atom stereocenters. The summed E-state index contributed by atoms with van der Waals surface area (Å²) in [4.78, 5) is 21.9. The molecule has 6 nitrogen and oxygen atoms in total. The van der Waals surface area contributed by atoms with Gasteiger partial charge in [-0.2, -0.15) is 0 Å². The Morgan fingerprint density at radius 2 is 2.15 bits per heavy atom. The zero-order valence-electron chi connectivity index (χ0n) is 12.1. The minimum atomic E-state index is -0.457. The van der Waals surface area contributed by atoms with Gasteiger partial charge in [0.1, 0.15) is 5.60 Å². The second-order valence-electron chi connectivity index (χ2n) is 5.85. The number of aromatic nitrogens is 2. The Kier molecular flexibility index (Phi) is 4.17. The molecule has 0 bridgehead atoms. The van der Waals surface area contributed by atoms with Crippen LogP contribution in [-0.4, -0.2) is 45.7 Å². The number of rotatable bonds is 2. The fourth-order valence-corrected chi connectivity index (χ4v) is 1.94. The molecular weight excluding hydrogens is 324 g/mol. The molecule has 1 aromatic heterocycles. The van der Waals surface area contributed by atoms with Gasteiger partial charge in [0.05, 0.1) is 16.2 Å². The number of carbonyl (C=O) groups is 1. The van der Waals surface area contributed by atoms with Crippen molar-refractivity contribution in [2.75, 3.05) is 18.4 Å². The summed E-state index contributed by atoms with van der Waals surface area (Å²) < 4.78 is 6.18. The van der Waals surface area contributed by atoms with Crippen LogP contribution in [0.4, 0.5) is 10.7 Å². The van der Waals surface area contributed by atoms with Crippen LogP contribution >= 0.6 is 15.9 Å². The Morgan fingerprint density at radius 3 is 2.70 bits per heavy atom. The zero-order chi connectivity index (χ0) is 14.9. The molecule has 0 radical (unpaired) electrons. The van der Waals surface area contributed by atoms with Crippen LogP contribution in [0.3, 0.4) is 0 Å². The van der Waals surface area contributed by atoms with Gasteiger partial charge in [-0.15, -0.1) is 0 Å². The highest BCUT2D eigenvalue weighted by atomic mass is 79.9. The van der Waals surface area contributed by atoms with Crippen molar-refractivity contribution in [3.05, 3.63) is 16.4 Å². The highest BCUT2D eigenvalue weighted by molar-refractivity contribution is 9.10. The van der Waals surface area contributed by atoms with E-state index in [0.717, 1.165) is 10.2 Å². The Morgan fingerprint density at radius 1 is 1.50 bits per heavy atom. The molecule has 0 spiro atoms. The predicted octanol–water partition coefficient (Wildman–Crippen LogP) is 2.58. The zero-order valence-corrected chi connectivity index (χ0v) is 13.7. The number of anilines is 1. The standard InChI is InChI=1S/C13H19BrN4O2/c1-8-10(14)5-15-11(16-8)17-9-6-18(7-9)12(19)20-13(2,3)4/h5,9H,6-7H2,1-4H3,(H,15,16,17). The quantitative estimate of drug-likeness (QED) is 0.894. The van der Waals surface area contributed by atoms with Crippen molar-refractivity contribution in [3.63, 3.8) is 0 Å². The van der Waals surface area contributed by atoms with Gasteiger partial charge in [-0.05, 0) is 43.6 Å². The van der Waals surface area contributed by atoms with E-state index in [0.29, 0.717) is 19.0 Å². The summed E-state index contributed by atoms with van der Waals surface area (Å²) in [5.74, 6) is 0.583. The van der Waals surface area contributed by atoms with E-state index in [1.165, 1.54) is 0 Å². The Hall–Kier alpha value is -1.37. The maximum atomic E-state index is 11.8. The van der Waals surface area contributed by atoms with Gasteiger partial charge in [0.2, 0.25) is 5.95 Å². The van der Waals surface area contributed by atoms with Crippen molar-refractivity contribution < 1.29 is 9.53 Å². The minimum absolute atomic E-state index is 0.170. The van der Waals surface area contributed by atoms with Crippen molar-refractivity contribution in [3.8, 4) is 0 Å². The van der Waals surface area contributed by atoms with Crippen LogP contribution < -0.4 is 5.32 Å². The smallest absolute Gasteiger partial charge is 0.410 e. The van der Waals surface area contributed by atoms with E-state index >= 15 is 0 Å². The number of carbonyl (C=O) groups excluding carboxylic acids is 1. The van der Waals surface area contributed by atoms with E-state index in [1.54, 1.807) is 11.1 Å². The third-order valence-electron chi connectivity index (χ3n) is 2.79. The van der Waals surface area contributed by atoms with Crippen LogP contribution in [0.5, 0.6) is 0 Å². The number of amides is 1. The van der Waals surface area contributed by atoms with Gasteiger partial charge in [0, 0.05) is 19.3 Å². The molecule has 0 atom stereocenters. The molecular formula is C13H19BrN4O2. The van der Waals surface area contributed by atoms with Crippen molar-refractivity contribution in [1.82, 2.24) is 14.9 Å². The summed E-state index contributed by atoms with van der Waals surface area (Å²) in [7, 11) is 0. The van der Waals surface area contributed by atoms with Crippen LogP contribution in [0, 0.1) is 6.92 Å². The molecule has 1 amide bonds. The molecule has 20 heavy (non-hydrogen) atoms. The van der Waals surface area contributed by atoms with Gasteiger partial charge in [0.15, 0.2) is 0 Å². The largest absolute Gasteiger partial charge is 0.444 e. The maximum Gasteiger partial charge on any atom is 0.410 e. The number of hydrogen-bond donors (Lipinski definition) is 1. The predicted molar refractivity (Wildman–Crippen MR) is 79.7 cm³/mol. The molecule has 1 fully saturated rings. The molecule has 1 aliphatic rings. The van der Waals surface area contributed by atoms with Crippen molar-refractivity contribution in [1.29, 1.82) is 0 Å². The first-order valence-corrected chi connectivity index (χ1v) is 7.27. The van der Waals surface area contributed by atoms with E-state index in [-0.39, 0.29) is 12.1 Å². The number of hydrogen-bond acceptors (Lipinski definition) is 5. The van der Waals surface area contributed by atoms with Gasteiger partial charge >= 0.3 is 6.09 Å². The molecule has 7 heteroatoms. The average Bonchev–Trinajstić information content (AvgIpc) is 2.25. The van der Waals surface area contributed by atoms with Gasteiger partial charge in [-0.1, -0.05) is 0 Å². The lowest BCUT2D eigenvalue weighted by Crippen LogP contribution is -2.58. The van der Waals surface area contributed by atoms with Crippen LogP contribution in [0.15, 0.2) is 10.7 Å². The average molecular weight is 343 g/mol. The topological polar surface area (TPSA) is 67.4 Å². The van der Waals surface area contributed by atoms with Gasteiger partial charge < -0.3 is 15.0 Å². The second kappa shape index (κ2) is 5.55. The van der Waals surface area contributed by atoms with E-state index in [4.69, 9.17) is 4.74 Å². The van der Waals surface area contributed by atoms with E-state index < -0.39 is 5.60 Å². The molecule has 1 saturated heterocycles. The summed E-state index contributed by atoms with van der Waals surface area (Å²) in [6, 6.07) is 0.170. The van der Waals surface area contributed by atoms with E-state index in [2.05, 4.69) is 31.2 Å². The van der Waals surface area contributed by atoms with Gasteiger partial charge in [-0.25, -0.2) is 14.8 Å². The van der Waals surface area contributed by atoms with Gasteiger partial charge in [0.25, 0.3) is 0 Å². The first kappa shape index (κ1) is 15.0. The molecule has 110 valence electrons. The molecule has 2 heterocycles. The van der Waals surface area contributed by atoms with Crippen molar-refractivity contribution >= 4 is 28.0 Å². The highest BCUT2D eigenvalue weighted by Gasteiger charge is 2.34. The summed E-state index contributed by atoms with van der Waals surface area (Å²) in [5, 5.41) is 3.20. The normalized spacial score (nSPS) is 15.8. The Labute approximate surface area is 127 Å². The molecule has 2 rings (SSSR count). The Bertz CT molecular complexity index is 510. The fourth-order valence-electron chi connectivity index (χ4n) is 1.75. The third kappa shape index (κ3) is 3.82. The third-order valence-corrected chi connectivity index (χ3v) is 3.56. The summed E-state index contributed by atoms with van der Waals surface area (Å²) in [5.41, 5.74) is 0.424. The first-order chi connectivity index (χ1) is 9.24. The summed E-state index contributed by atoms with van der Waals surface area (Å²) >= 11 is 3.36. The minimum Gasteiger partial charge on any atom is -0.444 e. The van der Waals surface area contributed by atoms with Crippen molar-refractivity contribution in [2.45, 2.75) is 39.3 Å². The van der Waals surface area contributed by atoms with E-state index in [1.807, 2.05) is 27.7 Å². The lowest BCUT2D eigenvalue weighted by Gasteiger charge is -2.39. The number of likely N-dealkylation sites (tertiary alicyclic amines) is 1. The molecule has 0 aliphatic carbocycles. The van der Waals surface area contributed by atoms with Crippen LogP contribution in [0.1, 0.15) is 26.5 Å². The molecule has 1 aromatic rings. The monoisotopic (exact) mass is 342 g/mol. The number of aryl methyl sites for hydroxylation is 1. The van der Waals surface area contributed by atoms with Crippen LogP contribution in [0.25, 0.3) is 0 Å². The number of halogens is 1. The number of nitrogens with one attached hydrogen (secondary N) is 1. The SMILES string of the molecule is Cc1nc(NC2CN(C(=O)OC(C)(C)C)C2)ncc1Br. The first-order valence-electron chi connectivity index (χ1n) is 6.48. The summed E-state index contributed by atoms with van der Waals surface area (Å²) in [6.45, 7) is 8.70. The van der Waals surface area contributed by atoms with Crippen LogP contribution in [0.2, 0.25) is 0 Å². The highest BCUT2D eigenvalue weighted by Crippen LogP contribution is 2.18. The fraction of sp³-hybridized carbons (Fsp3) is 0.615. The molecule has 1 N–H and O–H groups in total. The lowest BCUT2D eigenvalue weighted by atomic mass is 10.1. The van der Waals surface area contributed by atoms with Gasteiger partial charge in [-0.3, -0.25) is 0 Å². The summed E-state index contributed by atoms with van der Waals surface area (Å²) in [6.07, 6.45) is 1.44. The van der Waals surface area contributed by atoms with E-state index in [9.17, 15) is 4.79 Å². The molecule has 0 aromatic carbocycles. The Balaban J connectivity index is 1.82. The molecule has 0 saturated carbocycles. The van der Waals surface area contributed by atoms with Crippen LogP contribution in [-0.2, 0) is 4.74 Å². The molecule has 1 aliphatic heterocycles. The number of nitrogens with zero attached hydrogens (tertiary/aromatic N) is 3. The van der Waals surface area contributed by atoms with Crippen molar-refractivity contribution in [2.24, 2.45) is 0 Å². The lowest BCUT2D eigenvalue weighted by molar-refractivity contribution is 0.0104. The maximum absolute atomic E-state index is 11.8.